The Kier molecular flexibility index (Phi) is 4.19. The van der Waals surface area contributed by atoms with Crippen molar-refractivity contribution in [1.29, 1.82) is 0 Å². The Morgan fingerprint density at radius 2 is 1.78 bits per heavy atom. The van der Waals surface area contributed by atoms with E-state index in [1.807, 2.05) is 25.1 Å². The topological polar surface area (TPSA) is 9.23 Å². The predicted molar refractivity (Wildman–Crippen MR) is 77.0 cm³/mol. The molecule has 92 valence electrons. The van der Waals surface area contributed by atoms with Gasteiger partial charge in [-0.05, 0) is 36.6 Å². The molecule has 0 spiro atoms. The van der Waals surface area contributed by atoms with Gasteiger partial charge in [-0.15, -0.1) is 0 Å². The van der Waals surface area contributed by atoms with Gasteiger partial charge in [-0.25, -0.2) is 0 Å². The van der Waals surface area contributed by atoms with Crippen LogP contribution in [0.2, 0.25) is 0 Å². The van der Waals surface area contributed by atoms with E-state index in [1.165, 1.54) is 11.1 Å². The molecule has 1 heteroatoms. The molecule has 0 aromatic heterocycles. The minimum atomic E-state index is 0.921. The first-order valence-electron chi connectivity index (χ1n) is 6.17. The number of benzene rings is 2. The molecule has 2 rings (SSSR count). The van der Waals surface area contributed by atoms with Gasteiger partial charge >= 0.3 is 0 Å². The Hall–Kier alpha value is -2.02. The van der Waals surface area contributed by atoms with Crippen molar-refractivity contribution in [2.75, 3.05) is 7.11 Å². The van der Waals surface area contributed by atoms with Crippen molar-refractivity contribution in [1.82, 2.24) is 0 Å². The summed E-state index contributed by atoms with van der Waals surface area (Å²) in [7, 11) is 1.71. The second kappa shape index (κ2) is 6.06. The first kappa shape index (κ1) is 12.4. The lowest BCUT2D eigenvalue weighted by Gasteiger charge is -2.08. The van der Waals surface area contributed by atoms with Crippen LogP contribution < -0.4 is 4.74 Å². The van der Waals surface area contributed by atoms with Crippen molar-refractivity contribution in [3.63, 3.8) is 0 Å². The second-order valence-electron chi connectivity index (χ2n) is 4.24. The molecular weight excluding hydrogens is 220 g/mol. The zero-order valence-electron chi connectivity index (χ0n) is 10.9. The highest BCUT2D eigenvalue weighted by atomic mass is 16.5. The van der Waals surface area contributed by atoms with Crippen LogP contribution in [-0.2, 0) is 6.42 Å². The molecule has 2 aromatic rings. The van der Waals surface area contributed by atoms with Crippen LogP contribution in [0.15, 0.2) is 54.6 Å². The number of rotatable bonds is 4. The standard InChI is InChI=1S/C17H18O/c1-3-7-16-13-15(10-11-17(16)18-2)12-14-8-5-4-6-9-14/h3-11,13H,12H2,1-2H3. The minimum Gasteiger partial charge on any atom is -0.496 e. The van der Waals surface area contributed by atoms with Gasteiger partial charge < -0.3 is 4.74 Å². The van der Waals surface area contributed by atoms with Crippen LogP contribution >= 0.6 is 0 Å². The molecule has 0 fully saturated rings. The van der Waals surface area contributed by atoms with Crippen LogP contribution in [0.3, 0.4) is 0 Å². The Morgan fingerprint density at radius 3 is 2.44 bits per heavy atom. The van der Waals surface area contributed by atoms with Gasteiger partial charge in [0.25, 0.3) is 0 Å². The summed E-state index contributed by atoms with van der Waals surface area (Å²) in [6.45, 7) is 2.02. The fourth-order valence-electron chi connectivity index (χ4n) is 2.04. The molecule has 0 aliphatic heterocycles. The van der Waals surface area contributed by atoms with Crippen LogP contribution in [0.4, 0.5) is 0 Å². The Balaban J connectivity index is 2.27. The summed E-state index contributed by atoms with van der Waals surface area (Å²) in [6, 6.07) is 16.8. The van der Waals surface area contributed by atoms with E-state index < -0.39 is 0 Å². The molecule has 0 unspecified atom stereocenters. The third-order valence-electron chi connectivity index (χ3n) is 2.89. The Morgan fingerprint density at radius 1 is 1.00 bits per heavy atom. The predicted octanol–water partition coefficient (Wildman–Crippen LogP) is 4.32. The smallest absolute Gasteiger partial charge is 0.126 e. The zero-order valence-corrected chi connectivity index (χ0v) is 10.9. The highest BCUT2D eigenvalue weighted by molar-refractivity contribution is 5.58. The lowest BCUT2D eigenvalue weighted by molar-refractivity contribution is 0.413. The highest BCUT2D eigenvalue weighted by Crippen LogP contribution is 2.22. The third-order valence-corrected chi connectivity index (χ3v) is 2.89. The van der Waals surface area contributed by atoms with Crippen molar-refractivity contribution < 1.29 is 4.74 Å². The molecule has 0 aliphatic rings. The number of hydrogen-bond donors (Lipinski definition) is 0. The summed E-state index contributed by atoms with van der Waals surface area (Å²) >= 11 is 0. The summed E-state index contributed by atoms with van der Waals surface area (Å²) in [5.41, 5.74) is 3.76. The van der Waals surface area contributed by atoms with E-state index in [1.54, 1.807) is 7.11 Å². The highest BCUT2D eigenvalue weighted by Gasteiger charge is 2.02. The SMILES string of the molecule is CC=Cc1cc(Cc2ccccc2)ccc1OC. The van der Waals surface area contributed by atoms with Gasteiger partial charge in [0, 0.05) is 5.56 Å². The number of allylic oxidation sites excluding steroid dienone is 1. The summed E-state index contributed by atoms with van der Waals surface area (Å²) < 4.78 is 5.35. The maximum Gasteiger partial charge on any atom is 0.126 e. The average Bonchev–Trinajstić information content (AvgIpc) is 2.41. The van der Waals surface area contributed by atoms with E-state index in [4.69, 9.17) is 4.74 Å². The van der Waals surface area contributed by atoms with Crippen molar-refractivity contribution in [2.45, 2.75) is 13.3 Å². The molecule has 2 aromatic carbocycles. The zero-order chi connectivity index (χ0) is 12.8. The molecule has 0 aliphatic carbocycles. The van der Waals surface area contributed by atoms with Crippen molar-refractivity contribution >= 4 is 6.08 Å². The van der Waals surface area contributed by atoms with E-state index >= 15 is 0 Å². The molecule has 0 saturated carbocycles. The quantitative estimate of drug-likeness (QED) is 0.770. The van der Waals surface area contributed by atoms with E-state index in [2.05, 4.69) is 42.5 Å². The number of ether oxygens (including phenoxy) is 1. The van der Waals surface area contributed by atoms with Crippen molar-refractivity contribution in [2.24, 2.45) is 0 Å². The lowest BCUT2D eigenvalue weighted by Crippen LogP contribution is -1.92. The molecule has 0 N–H and O–H groups in total. The largest absolute Gasteiger partial charge is 0.496 e. The second-order valence-corrected chi connectivity index (χ2v) is 4.24. The van der Waals surface area contributed by atoms with E-state index in [-0.39, 0.29) is 0 Å². The van der Waals surface area contributed by atoms with Crippen LogP contribution in [0, 0.1) is 0 Å². The number of hydrogen-bond acceptors (Lipinski definition) is 1. The molecule has 0 amide bonds. The molecule has 0 radical (unpaired) electrons. The maximum atomic E-state index is 5.35. The Bertz CT molecular complexity index is 527. The van der Waals surface area contributed by atoms with Gasteiger partial charge in [0.2, 0.25) is 0 Å². The average molecular weight is 238 g/mol. The lowest BCUT2D eigenvalue weighted by atomic mass is 10.0. The first-order valence-corrected chi connectivity index (χ1v) is 6.17. The fraction of sp³-hybridized carbons (Fsp3) is 0.176. The molecule has 0 heterocycles. The normalized spacial score (nSPS) is 10.8. The summed E-state index contributed by atoms with van der Waals surface area (Å²) in [5, 5.41) is 0. The minimum absolute atomic E-state index is 0.921. The van der Waals surface area contributed by atoms with Crippen LogP contribution in [0.25, 0.3) is 6.08 Å². The summed E-state index contributed by atoms with van der Waals surface area (Å²) in [5.74, 6) is 0.921. The van der Waals surface area contributed by atoms with Gasteiger partial charge in [-0.3, -0.25) is 0 Å². The van der Waals surface area contributed by atoms with Gasteiger partial charge in [-0.2, -0.15) is 0 Å². The Labute approximate surface area is 109 Å². The summed E-state index contributed by atoms with van der Waals surface area (Å²) in [6.07, 6.45) is 5.06. The number of methoxy groups -OCH3 is 1. The maximum absolute atomic E-state index is 5.35. The van der Waals surface area contributed by atoms with Crippen LogP contribution in [0.5, 0.6) is 5.75 Å². The van der Waals surface area contributed by atoms with Crippen LogP contribution in [-0.4, -0.2) is 7.11 Å². The fourth-order valence-corrected chi connectivity index (χ4v) is 2.04. The van der Waals surface area contributed by atoms with Gasteiger partial charge in [0.15, 0.2) is 0 Å². The molecule has 1 nitrogen and oxygen atoms in total. The van der Waals surface area contributed by atoms with E-state index in [0.717, 1.165) is 17.7 Å². The van der Waals surface area contributed by atoms with Crippen LogP contribution in [0.1, 0.15) is 23.6 Å². The molecule has 18 heavy (non-hydrogen) atoms. The van der Waals surface area contributed by atoms with Gasteiger partial charge in [0.1, 0.15) is 5.75 Å². The monoisotopic (exact) mass is 238 g/mol. The summed E-state index contributed by atoms with van der Waals surface area (Å²) in [4.78, 5) is 0. The first-order chi connectivity index (χ1) is 8.83. The van der Waals surface area contributed by atoms with Crippen molar-refractivity contribution in [3.05, 3.63) is 71.3 Å². The third kappa shape index (κ3) is 3.01. The van der Waals surface area contributed by atoms with E-state index in [9.17, 15) is 0 Å². The van der Waals surface area contributed by atoms with Gasteiger partial charge in [-0.1, -0.05) is 48.6 Å². The molecular formula is C17H18O. The van der Waals surface area contributed by atoms with Crippen molar-refractivity contribution in [3.8, 4) is 5.75 Å². The van der Waals surface area contributed by atoms with Gasteiger partial charge in [0.05, 0.1) is 7.11 Å². The molecule has 0 saturated heterocycles. The van der Waals surface area contributed by atoms with E-state index in [0.29, 0.717) is 0 Å². The molecule has 0 atom stereocenters. The molecule has 0 bridgehead atoms.